The standard InChI is InChI=1S/C22H29N3O3/c1-17-8-10-24(11-9-17)14-19-12-20(26)21(28-2)15-25(19)16-22(27)23-13-18-6-4-3-5-7-18/h3-7,12,15,17H,8-11,13-14,16H2,1-2H3,(H,23,27). The summed E-state index contributed by atoms with van der Waals surface area (Å²) in [7, 11) is 1.47. The molecule has 28 heavy (non-hydrogen) atoms. The van der Waals surface area contributed by atoms with Crippen LogP contribution in [0.1, 0.15) is 31.0 Å². The second-order valence-corrected chi connectivity index (χ2v) is 7.55. The van der Waals surface area contributed by atoms with Crippen LogP contribution in [0.3, 0.4) is 0 Å². The summed E-state index contributed by atoms with van der Waals surface area (Å²) < 4.78 is 7.01. The molecular weight excluding hydrogens is 354 g/mol. The summed E-state index contributed by atoms with van der Waals surface area (Å²) in [5, 5.41) is 2.94. The van der Waals surface area contributed by atoms with Gasteiger partial charge in [0.1, 0.15) is 6.54 Å². The largest absolute Gasteiger partial charge is 0.491 e. The van der Waals surface area contributed by atoms with E-state index in [9.17, 15) is 9.59 Å². The fourth-order valence-electron chi connectivity index (χ4n) is 3.49. The Morgan fingerprint density at radius 2 is 1.93 bits per heavy atom. The highest BCUT2D eigenvalue weighted by Crippen LogP contribution is 2.18. The first-order valence-electron chi connectivity index (χ1n) is 9.85. The van der Waals surface area contributed by atoms with Crippen molar-refractivity contribution in [3.8, 4) is 5.75 Å². The maximum Gasteiger partial charge on any atom is 0.240 e. The van der Waals surface area contributed by atoms with Crippen molar-refractivity contribution in [2.75, 3.05) is 20.2 Å². The van der Waals surface area contributed by atoms with E-state index in [0.29, 0.717) is 13.1 Å². The van der Waals surface area contributed by atoms with E-state index in [-0.39, 0.29) is 23.6 Å². The van der Waals surface area contributed by atoms with Gasteiger partial charge in [-0.15, -0.1) is 0 Å². The molecule has 1 aliphatic heterocycles. The molecule has 6 nitrogen and oxygen atoms in total. The van der Waals surface area contributed by atoms with Crippen molar-refractivity contribution >= 4 is 5.91 Å². The third kappa shape index (κ3) is 5.45. The second kappa shape index (κ2) is 9.55. The summed E-state index contributed by atoms with van der Waals surface area (Å²) in [5.41, 5.74) is 1.75. The molecule has 1 aromatic heterocycles. The molecule has 0 unspecified atom stereocenters. The minimum absolute atomic E-state index is 0.0944. The van der Waals surface area contributed by atoms with Gasteiger partial charge in [-0.25, -0.2) is 0 Å². The maximum absolute atomic E-state index is 12.5. The normalized spacial score (nSPS) is 15.4. The third-order valence-corrected chi connectivity index (χ3v) is 5.31. The number of ether oxygens (including phenoxy) is 1. The van der Waals surface area contributed by atoms with Crippen molar-refractivity contribution < 1.29 is 9.53 Å². The Labute approximate surface area is 166 Å². The van der Waals surface area contributed by atoms with E-state index in [1.807, 2.05) is 34.9 Å². The zero-order valence-electron chi connectivity index (χ0n) is 16.7. The van der Waals surface area contributed by atoms with E-state index >= 15 is 0 Å². The van der Waals surface area contributed by atoms with Gasteiger partial charge in [0, 0.05) is 24.8 Å². The number of nitrogens with one attached hydrogen (secondary N) is 1. The number of rotatable bonds is 7. The van der Waals surface area contributed by atoms with Gasteiger partial charge in [-0.3, -0.25) is 14.5 Å². The maximum atomic E-state index is 12.5. The molecule has 6 heteroatoms. The molecule has 0 bridgehead atoms. The van der Waals surface area contributed by atoms with E-state index in [4.69, 9.17) is 4.74 Å². The Balaban J connectivity index is 1.70. The van der Waals surface area contributed by atoms with Crippen molar-refractivity contribution in [2.45, 2.75) is 39.4 Å². The van der Waals surface area contributed by atoms with Crippen LogP contribution in [-0.2, 0) is 24.4 Å². The summed E-state index contributed by atoms with van der Waals surface area (Å²) in [4.78, 5) is 27.1. The van der Waals surface area contributed by atoms with Gasteiger partial charge in [0.15, 0.2) is 5.75 Å². The van der Waals surface area contributed by atoms with Crippen LogP contribution in [0.25, 0.3) is 0 Å². The summed E-state index contributed by atoms with van der Waals surface area (Å²) in [6.07, 6.45) is 3.97. The number of carbonyl (C=O) groups is 1. The van der Waals surface area contributed by atoms with Gasteiger partial charge < -0.3 is 14.6 Å². The summed E-state index contributed by atoms with van der Waals surface area (Å²) in [6, 6.07) is 11.4. The monoisotopic (exact) mass is 383 g/mol. The minimum atomic E-state index is -0.149. The smallest absolute Gasteiger partial charge is 0.240 e. The SMILES string of the molecule is COc1cn(CC(=O)NCc2ccccc2)c(CN2CCC(C)CC2)cc1=O. The molecule has 0 atom stereocenters. The van der Waals surface area contributed by atoms with E-state index in [1.165, 1.54) is 7.11 Å². The van der Waals surface area contributed by atoms with Crippen LogP contribution in [0.15, 0.2) is 47.4 Å². The number of likely N-dealkylation sites (tertiary alicyclic amines) is 1. The number of carbonyl (C=O) groups excluding carboxylic acids is 1. The minimum Gasteiger partial charge on any atom is -0.491 e. The van der Waals surface area contributed by atoms with Gasteiger partial charge in [0.05, 0.1) is 13.3 Å². The van der Waals surface area contributed by atoms with Crippen LogP contribution in [0.2, 0.25) is 0 Å². The molecule has 0 radical (unpaired) electrons. The molecule has 0 spiro atoms. The molecule has 150 valence electrons. The lowest BCUT2D eigenvalue weighted by molar-refractivity contribution is -0.121. The van der Waals surface area contributed by atoms with Gasteiger partial charge in [-0.05, 0) is 37.4 Å². The number of hydrogen-bond donors (Lipinski definition) is 1. The molecule has 1 aliphatic rings. The molecule has 0 aliphatic carbocycles. The van der Waals surface area contributed by atoms with Gasteiger partial charge in [-0.2, -0.15) is 0 Å². The number of pyridine rings is 1. The number of nitrogens with zero attached hydrogens (tertiary/aromatic N) is 2. The molecule has 1 aromatic carbocycles. The average molecular weight is 383 g/mol. The topological polar surface area (TPSA) is 63.6 Å². The van der Waals surface area contributed by atoms with Gasteiger partial charge in [-0.1, -0.05) is 37.3 Å². The summed E-state index contributed by atoms with van der Waals surface area (Å²) in [6.45, 7) is 5.61. The van der Waals surface area contributed by atoms with Crippen molar-refractivity contribution in [3.63, 3.8) is 0 Å². The lowest BCUT2D eigenvalue weighted by Gasteiger charge is -2.31. The number of hydrogen-bond acceptors (Lipinski definition) is 4. The molecule has 1 saturated heterocycles. The van der Waals surface area contributed by atoms with Crippen LogP contribution < -0.4 is 15.5 Å². The lowest BCUT2D eigenvalue weighted by Crippen LogP contribution is -2.35. The average Bonchev–Trinajstić information content (AvgIpc) is 2.71. The highest BCUT2D eigenvalue weighted by molar-refractivity contribution is 5.75. The van der Waals surface area contributed by atoms with Crippen molar-refractivity contribution in [3.05, 3.63) is 64.1 Å². The summed E-state index contributed by atoms with van der Waals surface area (Å²) in [5.74, 6) is 0.910. The quantitative estimate of drug-likeness (QED) is 0.798. The van der Waals surface area contributed by atoms with E-state index < -0.39 is 0 Å². The van der Waals surface area contributed by atoms with Crippen molar-refractivity contribution in [2.24, 2.45) is 5.92 Å². The zero-order chi connectivity index (χ0) is 19.9. The zero-order valence-corrected chi connectivity index (χ0v) is 16.7. The molecular formula is C22H29N3O3. The van der Waals surface area contributed by atoms with Crippen LogP contribution >= 0.6 is 0 Å². The molecule has 1 N–H and O–H groups in total. The lowest BCUT2D eigenvalue weighted by atomic mass is 9.99. The third-order valence-electron chi connectivity index (χ3n) is 5.31. The Morgan fingerprint density at radius 1 is 1.21 bits per heavy atom. The highest BCUT2D eigenvalue weighted by atomic mass is 16.5. The Kier molecular flexibility index (Phi) is 6.87. The molecule has 3 rings (SSSR count). The molecule has 2 heterocycles. The van der Waals surface area contributed by atoms with Gasteiger partial charge >= 0.3 is 0 Å². The first-order valence-corrected chi connectivity index (χ1v) is 9.85. The number of piperidine rings is 1. The number of methoxy groups -OCH3 is 1. The highest BCUT2D eigenvalue weighted by Gasteiger charge is 2.18. The predicted molar refractivity (Wildman–Crippen MR) is 109 cm³/mol. The van der Waals surface area contributed by atoms with Crippen LogP contribution in [0.4, 0.5) is 0 Å². The van der Waals surface area contributed by atoms with Crippen LogP contribution in [0.5, 0.6) is 5.75 Å². The fourth-order valence-corrected chi connectivity index (χ4v) is 3.49. The molecule has 1 amide bonds. The first-order chi connectivity index (χ1) is 13.5. The van der Waals surface area contributed by atoms with Crippen molar-refractivity contribution in [1.29, 1.82) is 0 Å². The number of benzene rings is 1. The van der Waals surface area contributed by atoms with Crippen molar-refractivity contribution in [1.82, 2.24) is 14.8 Å². The Morgan fingerprint density at radius 3 is 2.61 bits per heavy atom. The van der Waals surface area contributed by atoms with Crippen LogP contribution in [0, 0.1) is 5.92 Å². The Bertz CT molecular complexity index is 840. The fraction of sp³-hybridized carbons (Fsp3) is 0.455. The molecule has 2 aromatic rings. The van der Waals surface area contributed by atoms with E-state index in [2.05, 4.69) is 17.1 Å². The number of aromatic nitrogens is 1. The van der Waals surface area contributed by atoms with Gasteiger partial charge in [0.25, 0.3) is 0 Å². The van der Waals surface area contributed by atoms with E-state index in [0.717, 1.165) is 43.1 Å². The second-order valence-electron chi connectivity index (χ2n) is 7.55. The summed E-state index contributed by atoms with van der Waals surface area (Å²) >= 11 is 0. The number of amides is 1. The first kappa shape index (κ1) is 20.1. The Hall–Kier alpha value is -2.60. The molecule has 1 fully saturated rings. The predicted octanol–water partition coefficient (Wildman–Crippen LogP) is 2.41. The van der Waals surface area contributed by atoms with Crippen LogP contribution in [-0.4, -0.2) is 35.6 Å². The van der Waals surface area contributed by atoms with E-state index in [1.54, 1.807) is 12.3 Å². The molecule has 0 saturated carbocycles. The van der Waals surface area contributed by atoms with Gasteiger partial charge in [0.2, 0.25) is 11.3 Å².